The van der Waals surface area contributed by atoms with Gasteiger partial charge in [-0.15, -0.1) is 0 Å². The molecule has 18 heavy (non-hydrogen) atoms. The van der Waals surface area contributed by atoms with E-state index in [1.54, 1.807) is 19.9 Å². The van der Waals surface area contributed by atoms with Crippen molar-refractivity contribution in [1.82, 2.24) is 4.31 Å². The molecule has 0 N–H and O–H groups in total. The standard InChI is InChI=1S/C12H15Cl2NO2S/c1-4-15(8-9(2)3)18(16,17)12-10(13)6-5-7-11(12)14/h5-7H,2,4,8H2,1,3H3. The third-order valence-electron chi connectivity index (χ3n) is 2.32. The van der Waals surface area contributed by atoms with Gasteiger partial charge < -0.3 is 0 Å². The second-order valence-electron chi connectivity index (χ2n) is 3.94. The van der Waals surface area contributed by atoms with E-state index in [9.17, 15) is 8.42 Å². The minimum Gasteiger partial charge on any atom is -0.207 e. The van der Waals surface area contributed by atoms with Crippen molar-refractivity contribution in [2.24, 2.45) is 0 Å². The SMILES string of the molecule is C=C(C)CN(CC)S(=O)(=O)c1c(Cl)cccc1Cl. The molecule has 1 rings (SSSR count). The second-order valence-corrected chi connectivity index (χ2v) is 6.63. The quantitative estimate of drug-likeness (QED) is 0.780. The van der Waals surface area contributed by atoms with Gasteiger partial charge in [0.1, 0.15) is 4.90 Å². The van der Waals surface area contributed by atoms with Crippen LogP contribution in [-0.4, -0.2) is 25.8 Å². The Kier molecular flexibility index (Phi) is 5.22. The molecule has 0 amide bonds. The zero-order chi connectivity index (χ0) is 13.9. The first-order chi connectivity index (χ1) is 8.30. The van der Waals surface area contributed by atoms with Crippen molar-refractivity contribution < 1.29 is 8.42 Å². The lowest BCUT2D eigenvalue weighted by molar-refractivity contribution is 0.453. The third-order valence-corrected chi connectivity index (χ3v) is 5.19. The maximum atomic E-state index is 12.5. The number of nitrogens with zero attached hydrogens (tertiary/aromatic N) is 1. The van der Waals surface area contributed by atoms with Crippen LogP contribution in [-0.2, 0) is 10.0 Å². The summed E-state index contributed by atoms with van der Waals surface area (Å²) in [6, 6.07) is 4.63. The first-order valence-electron chi connectivity index (χ1n) is 5.39. The Balaban J connectivity index is 3.32. The van der Waals surface area contributed by atoms with Crippen molar-refractivity contribution >= 4 is 33.2 Å². The fourth-order valence-electron chi connectivity index (χ4n) is 1.53. The molecule has 0 radical (unpaired) electrons. The molecule has 0 saturated heterocycles. The largest absolute Gasteiger partial charge is 0.246 e. The summed E-state index contributed by atoms with van der Waals surface area (Å²) in [5.74, 6) is 0. The van der Waals surface area contributed by atoms with Crippen LogP contribution in [0.1, 0.15) is 13.8 Å². The first-order valence-corrected chi connectivity index (χ1v) is 7.58. The van der Waals surface area contributed by atoms with E-state index in [1.165, 1.54) is 16.4 Å². The van der Waals surface area contributed by atoms with Crippen LogP contribution in [0.3, 0.4) is 0 Å². The molecule has 0 spiro atoms. The average molecular weight is 308 g/mol. The number of likely N-dealkylation sites (N-methyl/N-ethyl adjacent to an activating group) is 1. The van der Waals surface area contributed by atoms with E-state index in [0.29, 0.717) is 6.54 Å². The summed E-state index contributed by atoms with van der Waals surface area (Å²) in [7, 11) is -3.70. The van der Waals surface area contributed by atoms with Crippen LogP contribution in [0.5, 0.6) is 0 Å². The van der Waals surface area contributed by atoms with Crippen molar-refractivity contribution in [2.75, 3.05) is 13.1 Å². The maximum Gasteiger partial charge on any atom is 0.246 e. The molecule has 0 aliphatic rings. The Labute approximate surface area is 118 Å². The van der Waals surface area contributed by atoms with E-state index >= 15 is 0 Å². The number of benzene rings is 1. The van der Waals surface area contributed by atoms with E-state index in [1.807, 2.05) is 0 Å². The molecule has 0 unspecified atom stereocenters. The van der Waals surface area contributed by atoms with Gasteiger partial charge in [0, 0.05) is 13.1 Å². The zero-order valence-corrected chi connectivity index (χ0v) is 12.6. The van der Waals surface area contributed by atoms with Crippen LogP contribution in [0.15, 0.2) is 35.2 Å². The molecule has 0 aromatic heterocycles. The fraction of sp³-hybridized carbons (Fsp3) is 0.333. The Hall–Kier alpha value is -0.550. The molecular weight excluding hydrogens is 293 g/mol. The highest BCUT2D eigenvalue weighted by atomic mass is 35.5. The first kappa shape index (κ1) is 15.5. The molecule has 0 aliphatic carbocycles. The van der Waals surface area contributed by atoms with Crippen molar-refractivity contribution in [3.63, 3.8) is 0 Å². The average Bonchev–Trinajstić information content (AvgIpc) is 2.24. The van der Waals surface area contributed by atoms with Crippen molar-refractivity contribution in [3.05, 3.63) is 40.4 Å². The summed E-state index contributed by atoms with van der Waals surface area (Å²) in [4.78, 5) is -0.0450. The Morgan fingerprint density at radius 2 is 1.83 bits per heavy atom. The Morgan fingerprint density at radius 3 is 2.22 bits per heavy atom. The van der Waals surface area contributed by atoms with E-state index < -0.39 is 10.0 Å². The van der Waals surface area contributed by atoms with Gasteiger partial charge in [0.15, 0.2) is 0 Å². The highest BCUT2D eigenvalue weighted by Gasteiger charge is 2.27. The van der Waals surface area contributed by atoms with Crippen LogP contribution in [0.25, 0.3) is 0 Å². The van der Waals surface area contributed by atoms with Crippen molar-refractivity contribution in [2.45, 2.75) is 18.7 Å². The minimum atomic E-state index is -3.70. The van der Waals surface area contributed by atoms with E-state index in [2.05, 4.69) is 6.58 Å². The number of hydrogen-bond acceptors (Lipinski definition) is 2. The molecule has 6 heteroatoms. The lowest BCUT2D eigenvalue weighted by Gasteiger charge is -2.21. The van der Waals surface area contributed by atoms with E-state index in [0.717, 1.165) is 5.57 Å². The summed E-state index contributed by atoms with van der Waals surface area (Å²) in [6.45, 7) is 7.83. The van der Waals surface area contributed by atoms with Gasteiger partial charge in [-0.3, -0.25) is 0 Å². The molecule has 0 saturated carbocycles. The summed E-state index contributed by atoms with van der Waals surface area (Å²) in [5.41, 5.74) is 0.753. The molecule has 1 aromatic carbocycles. The molecule has 0 fully saturated rings. The molecule has 0 heterocycles. The molecule has 0 aliphatic heterocycles. The van der Waals surface area contributed by atoms with E-state index in [4.69, 9.17) is 23.2 Å². The fourth-order valence-corrected chi connectivity index (χ4v) is 4.13. The van der Waals surface area contributed by atoms with E-state index in [-0.39, 0.29) is 21.5 Å². The lowest BCUT2D eigenvalue weighted by atomic mass is 10.3. The Bertz CT molecular complexity index is 535. The van der Waals surface area contributed by atoms with Crippen molar-refractivity contribution in [1.29, 1.82) is 0 Å². The van der Waals surface area contributed by atoms with Crippen LogP contribution < -0.4 is 0 Å². The van der Waals surface area contributed by atoms with Crippen LogP contribution in [0.4, 0.5) is 0 Å². The van der Waals surface area contributed by atoms with Gasteiger partial charge in [-0.05, 0) is 19.1 Å². The highest BCUT2D eigenvalue weighted by Crippen LogP contribution is 2.31. The van der Waals surface area contributed by atoms with Gasteiger partial charge >= 0.3 is 0 Å². The lowest BCUT2D eigenvalue weighted by Crippen LogP contribution is -2.32. The minimum absolute atomic E-state index is 0.0450. The van der Waals surface area contributed by atoms with Gasteiger partial charge in [-0.2, -0.15) is 4.31 Å². The smallest absolute Gasteiger partial charge is 0.207 e. The maximum absolute atomic E-state index is 12.5. The molecule has 0 atom stereocenters. The number of sulfonamides is 1. The van der Waals surface area contributed by atoms with Crippen LogP contribution in [0, 0.1) is 0 Å². The summed E-state index contributed by atoms with van der Waals surface area (Å²) < 4.78 is 26.2. The number of hydrogen-bond donors (Lipinski definition) is 0. The second kappa shape index (κ2) is 6.06. The highest BCUT2D eigenvalue weighted by molar-refractivity contribution is 7.89. The Morgan fingerprint density at radius 1 is 1.33 bits per heavy atom. The predicted octanol–water partition coefficient (Wildman–Crippen LogP) is 3.58. The predicted molar refractivity (Wildman–Crippen MR) is 75.7 cm³/mol. The van der Waals surface area contributed by atoms with Crippen LogP contribution in [0.2, 0.25) is 10.0 Å². The summed E-state index contributed by atoms with van der Waals surface area (Å²) in [5, 5.41) is 0.255. The number of halogens is 2. The van der Waals surface area contributed by atoms with Crippen molar-refractivity contribution in [3.8, 4) is 0 Å². The zero-order valence-electron chi connectivity index (χ0n) is 10.3. The molecule has 100 valence electrons. The van der Waals surface area contributed by atoms with Gasteiger partial charge in [0.05, 0.1) is 10.0 Å². The topological polar surface area (TPSA) is 37.4 Å². The van der Waals surface area contributed by atoms with Gasteiger partial charge in [0.25, 0.3) is 0 Å². The van der Waals surface area contributed by atoms with Gasteiger partial charge in [-0.25, -0.2) is 8.42 Å². The van der Waals surface area contributed by atoms with Gasteiger partial charge in [0.2, 0.25) is 10.0 Å². The van der Waals surface area contributed by atoms with Gasteiger partial charge in [-0.1, -0.05) is 48.3 Å². The molecular formula is C12H15Cl2NO2S. The third kappa shape index (κ3) is 3.26. The normalized spacial score (nSPS) is 11.8. The number of rotatable bonds is 5. The summed E-state index contributed by atoms with van der Waals surface area (Å²) >= 11 is 11.9. The van der Waals surface area contributed by atoms with Crippen LogP contribution >= 0.6 is 23.2 Å². The summed E-state index contributed by atoms with van der Waals surface area (Å²) in [6.07, 6.45) is 0. The molecule has 3 nitrogen and oxygen atoms in total. The molecule has 0 bridgehead atoms. The molecule has 1 aromatic rings. The monoisotopic (exact) mass is 307 g/mol.